The predicted molar refractivity (Wildman–Crippen MR) is 137 cm³/mol. The first-order chi connectivity index (χ1) is 16.3. The van der Waals surface area contributed by atoms with E-state index in [1.165, 1.54) is 45.8 Å². The number of anilines is 2. The van der Waals surface area contributed by atoms with Gasteiger partial charge in [-0.05, 0) is 77.7 Å². The zero-order valence-corrected chi connectivity index (χ0v) is 19.0. The lowest BCUT2D eigenvalue weighted by Crippen LogP contribution is -2.09. The first-order valence-electron chi connectivity index (χ1n) is 11.7. The van der Waals surface area contributed by atoms with Crippen LogP contribution in [0.4, 0.5) is 11.8 Å². The number of hydrogen-bond acceptors (Lipinski definition) is 4. The number of aromatic amines is 2. The first kappa shape index (κ1) is 21.1. The van der Waals surface area contributed by atoms with E-state index in [0.717, 1.165) is 30.7 Å². The predicted octanol–water partition coefficient (Wildman–Crippen LogP) is 6.05. The average molecular weight is 439 g/mol. The van der Waals surface area contributed by atoms with E-state index in [1.807, 2.05) is 12.3 Å². The van der Waals surface area contributed by atoms with E-state index in [9.17, 15) is 0 Å². The topological polar surface area (TPSA) is 81.4 Å². The minimum atomic E-state index is 0.643. The Bertz CT molecular complexity index is 1350. The number of aryl methyl sites for hydroxylation is 1. The van der Waals surface area contributed by atoms with Crippen molar-refractivity contribution < 1.29 is 0 Å². The molecule has 0 amide bonds. The standard InChI is InChI=1S/C27H30N6/c1-2-3-4-19-5-8-25-23(16-19)22(18-31-25)10-13-29-27-30-14-11-26(33-27)32-17-20-6-7-24-21(15-20)9-12-28-24/h5-9,11-12,14-16,18,28,31H,2-4,10,13,17H2,1H3,(H2,29,30,32,33). The van der Waals surface area contributed by atoms with Crippen LogP contribution in [0.2, 0.25) is 0 Å². The Morgan fingerprint density at radius 2 is 1.79 bits per heavy atom. The van der Waals surface area contributed by atoms with Crippen LogP contribution in [0.25, 0.3) is 21.8 Å². The van der Waals surface area contributed by atoms with Gasteiger partial charge in [-0.25, -0.2) is 4.98 Å². The molecule has 5 aromatic rings. The minimum Gasteiger partial charge on any atom is -0.366 e. The van der Waals surface area contributed by atoms with Gasteiger partial charge in [-0.15, -0.1) is 0 Å². The molecule has 168 valence electrons. The van der Waals surface area contributed by atoms with Crippen LogP contribution in [0.15, 0.2) is 67.1 Å². The number of rotatable bonds is 10. The van der Waals surface area contributed by atoms with Crippen molar-refractivity contribution in [3.63, 3.8) is 0 Å². The quantitative estimate of drug-likeness (QED) is 0.214. The van der Waals surface area contributed by atoms with E-state index >= 15 is 0 Å². The summed E-state index contributed by atoms with van der Waals surface area (Å²) in [6.45, 7) is 3.73. The van der Waals surface area contributed by atoms with E-state index in [2.05, 4.69) is 86.2 Å². The largest absolute Gasteiger partial charge is 0.366 e. The molecule has 0 saturated heterocycles. The number of benzene rings is 2. The van der Waals surface area contributed by atoms with Gasteiger partial charge >= 0.3 is 0 Å². The number of hydrogen-bond donors (Lipinski definition) is 4. The zero-order valence-electron chi connectivity index (χ0n) is 19.0. The average Bonchev–Trinajstić information content (AvgIpc) is 3.48. The van der Waals surface area contributed by atoms with Crippen molar-refractivity contribution in [1.29, 1.82) is 0 Å². The van der Waals surface area contributed by atoms with Crippen molar-refractivity contribution in [3.8, 4) is 0 Å². The summed E-state index contributed by atoms with van der Waals surface area (Å²) < 4.78 is 0. The molecule has 3 heterocycles. The second-order valence-corrected chi connectivity index (χ2v) is 8.49. The maximum atomic E-state index is 4.62. The molecule has 0 bridgehead atoms. The molecule has 0 radical (unpaired) electrons. The van der Waals surface area contributed by atoms with Crippen LogP contribution in [-0.4, -0.2) is 26.5 Å². The van der Waals surface area contributed by atoms with Crippen molar-refractivity contribution in [2.24, 2.45) is 0 Å². The minimum absolute atomic E-state index is 0.643. The molecular formula is C27H30N6. The van der Waals surface area contributed by atoms with Crippen molar-refractivity contribution in [1.82, 2.24) is 19.9 Å². The lowest BCUT2D eigenvalue weighted by Gasteiger charge is -2.09. The monoisotopic (exact) mass is 438 g/mol. The van der Waals surface area contributed by atoms with Crippen LogP contribution in [0, 0.1) is 0 Å². The van der Waals surface area contributed by atoms with Crippen molar-refractivity contribution in [2.45, 2.75) is 39.2 Å². The highest BCUT2D eigenvalue weighted by Crippen LogP contribution is 2.22. The zero-order chi connectivity index (χ0) is 22.5. The molecule has 6 nitrogen and oxygen atoms in total. The number of nitrogens with zero attached hydrogens (tertiary/aromatic N) is 2. The highest BCUT2D eigenvalue weighted by molar-refractivity contribution is 5.84. The summed E-state index contributed by atoms with van der Waals surface area (Å²) in [7, 11) is 0. The molecule has 6 heteroatoms. The number of unbranched alkanes of at least 4 members (excludes halogenated alkanes) is 1. The normalized spacial score (nSPS) is 11.3. The second kappa shape index (κ2) is 9.77. The maximum Gasteiger partial charge on any atom is 0.224 e. The number of fused-ring (bicyclic) bond motifs is 2. The van der Waals surface area contributed by atoms with Crippen LogP contribution in [0.3, 0.4) is 0 Å². The van der Waals surface area contributed by atoms with Gasteiger partial charge in [-0.3, -0.25) is 0 Å². The third kappa shape index (κ3) is 5.00. The molecule has 0 aliphatic rings. The van der Waals surface area contributed by atoms with Gasteiger partial charge in [0.2, 0.25) is 5.95 Å². The Hall–Kier alpha value is -3.80. The first-order valence-corrected chi connectivity index (χ1v) is 11.7. The van der Waals surface area contributed by atoms with E-state index in [-0.39, 0.29) is 0 Å². The second-order valence-electron chi connectivity index (χ2n) is 8.49. The Kier molecular flexibility index (Phi) is 6.24. The molecule has 0 unspecified atom stereocenters. The van der Waals surface area contributed by atoms with E-state index in [0.29, 0.717) is 12.5 Å². The molecule has 5 rings (SSSR count). The molecule has 0 atom stereocenters. The highest BCUT2D eigenvalue weighted by Gasteiger charge is 2.06. The summed E-state index contributed by atoms with van der Waals surface area (Å²) in [5, 5.41) is 9.32. The van der Waals surface area contributed by atoms with E-state index in [4.69, 9.17) is 0 Å². The summed E-state index contributed by atoms with van der Waals surface area (Å²) >= 11 is 0. The Balaban J connectivity index is 1.18. The summed E-state index contributed by atoms with van der Waals surface area (Å²) in [5.41, 5.74) is 6.30. The number of H-pyrrole nitrogens is 2. The van der Waals surface area contributed by atoms with Gasteiger partial charge in [0.1, 0.15) is 5.82 Å². The molecule has 0 aliphatic carbocycles. The van der Waals surface area contributed by atoms with Crippen molar-refractivity contribution >= 4 is 33.6 Å². The molecule has 0 saturated carbocycles. The third-order valence-electron chi connectivity index (χ3n) is 6.08. The Labute approximate surface area is 193 Å². The summed E-state index contributed by atoms with van der Waals surface area (Å²) in [4.78, 5) is 15.6. The molecule has 0 spiro atoms. The van der Waals surface area contributed by atoms with Gasteiger partial charge in [0.15, 0.2) is 0 Å². The molecule has 4 N–H and O–H groups in total. The number of aromatic nitrogens is 4. The van der Waals surface area contributed by atoms with Crippen molar-refractivity contribution in [2.75, 3.05) is 17.2 Å². The van der Waals surface area contributed by atoms with E-state index < -0.39 is 0 Å². The van der Waals surface area contributed by atoms with Gasteiger partial charge in [0, 0.05) is 48.1 Å². The fraction of sp³-hybridized carbons (Fsp3) is 0.259. The Morgan fingerprint density at radius 1 is 0.879 bits per heavy atom. The smallest absolute Gasteiger partial charge is 0.224 e. The van der Waals surface area contributed by atoms with Gasteiger partial charge in [-0.1, -0.05) is 25.5 Å². The fourth-order valence-electron chi connectivity index (χ4n) is 4.23. The van der Waals surface area contributed by atoms with Crippen molar-refractivity contribution in [3.05, 3.63) is 83.8 Å². The summed E-state index contributed by atoms with van der Waals surface area (Å²) in [6, 6.07) is 17.2. The van der Waals surface area contributed by atoms with Crippen LogP contribution in [-0.2, 0) is 19.4 Å². The molecule has 0 fully saturated rings. The SMILES string of the molecule is CCCCc1ccc2[nH]cc(CCNc3nccc(NCc4ccc5[nH]ccc5c4)n3)c2c1. The van der Waals surface area contributed by atoms with Crippen LogP contribution in [0.1, 0.15) is 36.5 Å². The highest BCUT2D eigenvalue weighted by atomic mass is 15.1. The van der Waals surface area contributed by atoms with Gasteiger partial charge in [-0.2, -0.15) is 4.98 Å². The Morgan fingerprint density at radius 3 is 2.73 bits per heavy atom. The van der Waals surface area contributed by atoms with Crippen LogP contribution >= 0.6 is 0 Å². The lowest BCUT2D eigenvalue weighted by atomic mass is 10.0. The molecule has 33 heavy (non-hydrogen) atoms. The lowest BCUT2D eigenvalue weighted by molar-refractivity contribution is 0.796. The molecule has 0 aliphatic heterocycles. The summed E-state index contributed by atoms with van der Waals surface area (Å²) in [5.74, 6) is 1.46. The van der Waals surface area contributed by atoms with Gasteiger partial charge in [0.25, 0.3) is 0 Å². The van der Waals surface area contributed by atoms with Crippen LogP contribution < -0.4 is 10.6 Å². The fourth-order valence-corrected chi connectivity index (χ4v) is 4.23. The van der Waals surface area contributed by atoms with Crippen LogP contribution in [0.5, 0.6) is 0 Å². The molecule has 2 aromatic carbocycles. The van der Waals surface area contributed by atoms with Gasteiger partial charge in [0.05, 0.1) is 0 Å². The maximum absolute atomic E-state index is 4.62. The van der Waals surface area contributed by atoms with Gasteiger partial charge < -0.3 is 20.6 Å². The summed E-state index contributed by atoms with van der Waals surface area (Å²) in [6.07, 6.45) is 10.4. The molecule has 3 aromatic heterocycles. The van der Waals surface area contributed by atoms with E-state index in [1.54, 1.807) is 6.20 Å². The number of nitrogens with one attached hydrogen (secondary N) is 4. The molecular weight excluding hydrogens is 408 g/mol. The third-order valence-corrected chi connectivity index (χ3v) is 6.08.